The van der Waals surface area contributed by atoms with Gasteiger partial charge in [0.25, 0.3) is 0 Å². The zero-order valence-corrected chi connectivity index (χ0v) is 11.5. The van der Waals surface area contributed by atoms with Crippen molar-refractivity contribution in [3.8, 4) is 0 Å². The summed E-state index contributed by atoms with van der Waals surface area (Å²) in [7, 11) is 0. The minimum Gasteiger partial charge on any atom is -0.481 e. The van der Waals surface area contributed by atoms with Crippen molar-refractivity contribution in [2.75, 3.05) is 5.75 Å². The molecular formula is C12H12N2O3S2. The molecule has 1 unspecified atom stereocenters. The first-order valence-corrected chi connectivity index (χ1v) is 7.36. The number of hydrogen-bond acceptors (Lipinski definition) is 5. The van der Waals surface area contributed by atoms with Crippen molar-refractivity contribution in [2.45, 2.75) is 10.8 Å². The minimum absolute atomic E-state index is 0.146. The first-order valence-electron chi connectivity index (χ1n) is 5.55. The number of carboxylic acids is 1. The maximum absolute atomic E-state index is 11.0. The number of fused-ring (bicyclic) bond motifs is 1. The van der Waals surface area contributed by atoms with Crippen molar-refractivity contribution >= 4 is 45.2 Å². The number of carbonyl (C=O) groups excluding carboxylic acids is 1. The fraction of sp³-hybridized carbons (Fsp3) is 0.250. The number of nitrogens with zero attached hydrogens (tertiary/aromatic N) is 1. The van der Waals surface area contributed by atoms with Gasteiger partial charge in [-0.15, -0.1) is 11.3 Å². The summed E-state index contributed by atoms with van der Waals surface area (Å²) < 4.78 is 1.86. The molecule has 100 valence electrons. The first kappa shape index (κ1) is 13.8. The van der Waals surface area contributed by atoms with Crippen LogP contribution in [0, 0.1) is 5.92 Å². The molecule has 0 aliphatic rings. The van der Waals surface area contributed by atoms with Crippen LogP contribution in [0.2, 0.25) is 0 Å². The van der Waals surface area contributed by atoms with Gasteiger partial charge in [-0.2, -0.15) is 0 Å². The first-order chi connectivity index (χ1) is 9.06. The van der Waals surface area contributed by atoms with Crippen LogP contribution in [-0.2, 0) is 9.59 Å². The number of rotatable bonds is 6. The second kappa shape index (κ2) is 6.03. The predicted molar refractivity (Wildman–Crippen MR) is 75.3 cm³/mol. The Morgan fingerprint density at radius 1 is 1.42 bits per heavy atom. The number of primary amides is 1. The van der Waals surface area contributed by atoms with Gasteiger partial charge in [0.1, 0.15) is 0 Å². The molecule has 19 heavy (non-hydrogen) atoms. The summed E-state index contributed by atoms with van der Waals surface area (Å²) in [6.45, 7) is 0. The van der Waals surface area contributed by atoms with E-state index in [9.17, 15) is 9.59 Å². The van der Waals surface area contributed by atoms with Gasteiger partial charge in [-0.3, -0.25) is 9.59 Å². The van der Waals surface area contributed by atoms with Crippen LogP contribution in [-0.4, -0.2) is 27.7 Å². The smallest absolute Gasteiger partial charge is 0.307 e. The molecule has 0 aliphatic heterocycles. The molecule has 1 aromatic carbocycles. The molecule has 0 radical (unpaired) electrons. The SMILES string of the molecule is NC(=O)CC(CSc1nc2ccccc2s1)C(=O)O. The van der Waals surface area contributed by atoms with Crippen LogP contribution in [0.25, 0.3) is 10.2 Å². The zero-order valence-electron chi connectivity index (χ0n) is 9.91. The van der Waals surface area contributed by atoms with Crippen molar-refractivity contribution in [3.63, 3.8) is 0 Å². The highest BCUT2D eigenvalue weighted by molar-refractivity contribution is 8.01. The maximum atomic E-state index is 11.0. The van der Waals surface area contributed by atoms with E-state index in [1.54, 1.807) is 0 Å². The molecule has 3 N–H and O–H groups in total. The summed E-state index contributed by atoms with van der Waals surface area (Å²) >= 11 is 2.86. The van der Waals surface area contributed by atoms with Crippen molar-refractivity contribution in [2.24, 2.45) is 11.7 Å². The van der Waals surface area contributed by atoms with Crippen LogP contribution >= 0.6 is 23.1 Å². The monoisotopic (exact) mass is 296 g/mol. The second-order valence-electron chi connectivity index (χ2n) is 3.96. The summed E-state index contributed by atoms with van der Waals surface area (Å²) in [6, 6.07) is 7.72. The van der Waals surface area contributed by atoms with E-state index in [-0.39, 0.29) is 12.2 Å². The molecule has 1 aromatic heterocycles. The third kappa shape index (κ3) is 3.68. The number of aliphatic carboxylic acids is 1. The lowest BCUT2D eigenvalue weighted by Gasteiger charge is -2.07. The Kier molecular flexibility index (Phi) is 4.39. The fourth-order valence-corrected chi connectivity index (χ4v) is 3.72. The molecule has 1 amide bonds. The molecule has 0 saturated carbocycles. The van der Waals surface area contributed by atoms with Gasteiger partial charge in [0.05, 0.1) is 16.1 Å². The van der Waals surface area contributed by atoms with E-state index in [1.165, 1.54) is 23.1 Å². The number of thiazole rings is 1. The number of nitrogens with two attached hydrogens (primary N) is 1. The number of para-hydroxylation sites is 1. The third-order valence-corrected chi connectivity index (χ3v) is 4.82. The maximum Gasteiger partial charge on any atom is 0.307 e. The molecular weight excluding hydrogens is 284 g/mol. The van der Waals surface area contributed by atoms with Gasteiger partial charge in [-0.05, 0) is 12.1 Å². The molecule has 2 aromatic rings. The van der Waals surface area contributed by atoms with Gasteiger partial charge in [-0.25, -0.2) is 4.98 Å². The summed E-state index contributed by atoms with van der Waals surface area (Å²) in [4.78, 5) is 26.2. The highest BCUT2D eigenvalue weighted by atomic mass is 32.2. The summed E-state index contributed by atoms with van der Waals surface area (Å²) in [5, 5.41) is 9.00. The molecule has 0 aliphatic carbocycles. The fourth-order valence-electron chi connectivity index (χ4n) is 1.55. The van der Waals surface area contributed by atoms with Crippen molar-refractivity contribution in [3.05, 3.63) is 24.3 Å². The van der Waals surface area contributed by atoms with E-state index in [4.69, 9.17) is 10.8 Å². The van der Waals surface area contributed by atoms with E-state index >= 15 is 0 Å². The topological polar surface area (TPSA) is 93.3 Å². The average molecular weight is 296 g/mol. The molecule has 2 rings (SSSR count). The van der Waals surface area contributed by atoms with Crippen molar-refractivity contribution in [1.82, 2.24) is 4.98 Å². The van der Waals surface area contributed by atoms with Crippen LogP contribution in [0.5, 0.6) is 0 Å². The number of carbonyl (C=O) groups is 2. The lowest BCUT2D eigenvalue weighted by molar-refractivity contribution is -0.142. The van der Waals surface area contributed by atoms with Crippen LogP contribution in [0.1, 0.15) is 6.42 Å². The van der Waals surface area contributed by atoms with E-state index in [0.717, 1.165) is 14.6 Å². The minimum atomic E-state index is -1.01. The highest BCUT2D eigenvalue weighted by Crippen LogP contribution is 2.30. The Labute approximate surface area is 117 Å². The molecule has 0 bridgehead atoms. The van der Waals surface area contributed by atoms with Crippen molar-refractivity contribution in [1.29, 1.82) is 0 Å². The number of benzene rings is 1. The molecule has 0 fully saturated rings. The second-order valence-corrected chi connectivity index (χ2v) is 6.26. The van der Waals surface area contributed by atoms with Gasteiger partial charge in [-0.1, -0.05) is 23.9 Å². The highest BCUT2D eigenvalue weighted by Gasteiger charge is 2.20. The normalized spacial score (nSPS) is 12.4. The van der Waals surface area contributed by atoms with Gasteiger partial charge < -0.3 is 10.8 Å². The van der Waals surface area contributed by atoms with Gasteiger partial charge in [0.15, 0.2) is 4.34 Å². The van der Waals surface area contributed by atoms with Gasteiger partial charge in [0.2, 0.25) is 5.91 Å². The Morgan fingerprint density at radius 2 is 2.16 bits per heavy atom. The average Bonchev–Trinajstić information content (AvgIpc) is 2.76. The Morgan fingerprint density at radius 3 is 2.79 bits per heavy atom. The van der Waals surface area contributed by atoms with E-state index in [2.05, 4.69) is 4.98 Å². The predicted octanol–water partition coefficient (Wildman–Crippen LogP) is 1.96. The Balaban J connectivity index is 2.03. The molecule has 0 spiro atoms. The molecule has 7 heteroatoms. The molecule has 1 heterocycles. The lowest BCUT2D eigenvalue weighted by Crippen LogP contribution is -2.24. The number of hydrogen-bond donors (Lipinski definition) is 2. The Bertz CT molecular complexity index is 579. The number of carboxylic acid groups (broad SMARTS) is 1. The number of aromatic nitrogens is 1. The number of thioether (sulfide) groups is 1. The van der Waals surface area contributed by atoms with Gasteiger partial charge >= 0.3 is 5.97 Å². The van der Waals surface area contributed by atoms with Crippen molar-refractivity contribution < 1.29 is 14.7 Å². The van der Waals surface area contributed by atoms with E-state index in [0.29, 0.717) is 0 Å². The summed E-state index contributed by atoms with van der Waals surface area (Å²) in [5.41, 5.74) is 5.94. The standard InChI is InChI=1S/C12H12N2O3S2/c13-10(15)5-7(11(16)17)6-18-12-14-8-3-1-2-4-9(8)19-12/h1-4,7H,5-6H2,(H2,13,15)(H,16,17). The zero-order chi connectivity index (χ0) is 13.8. The van der Waals surface area contributed by atoms with E-state index < -0.39 is 17.8 Å². The number of amides is 1. The van der Waals surface area contributed by atoms with Gasteiger partial charge in [0, 0.05) is 12.2 Å². The van der Waals surface area contributed by atoms with Crippen LogP contribution in [0.4, 0.5) is 0 Å². The lowest BCUT2D eigenvalue weighted by atomic mass is 10.1. The summed E-state index contributed by atoms with van der Waals surface area (Å²) in [6.07, 6.45) is -0.146. The quantitative estimate of drug-likeness (QED) is 0.795. The van der Waals surface area contributed by atoms with Crippen LogP contribution in [0.15, 0.2) is 28.6 Å². The van der Waals surface area contributed by atoms with Crippen LogP contribution in [0.3, 0.4) is 0 Å². The summed E-state index contributed by atoms with van der Waals surface area (Å²) in [5.74, 6) is -2.09. The largest absolute Gasteiger partial charge is 0.481 e. The molecule has 0 saturated heterocycles. The molecule has 1 atom stereocenters. The third-order valence-electron chi connectivity index (χ3n) is 2.48. The van der Waals surface area contributed by atoms with E-state index in [1.807, 2.05) is 24.3 Å². The molecule has 5 nitrogen and oxygen atoms in total. The Hall–Kier alpha value is -1.60. The van der Waals surface area contributed by atoms with Crippen LogP contribution < -0.4 is 5.73 Å².